The molecule has 0 amide bonds. The Kier molecular flexibility index (Phi) is 6.18. The molecule has 3 rings (SSSR count). The van der Waals surface area contributed by atoms with Gasteiger partial charge in [-0.25, -0.2) is 0 Å². The number of benzene rings is 2. The Hall–Kier alpha value is -3.03. The van der Waals surface area contributed by atoms with E-state index in [0.717, 1.165) is 11.1 Å². The van der Waals surface area contributed by atoms with Crippen molar-refractivity contribution in [3.05, 3.63) is 93.7 Å². The standard InChI is InChI=1S/C21H24N4O3/c1-28-15-18-13-21(22,12-16-8-4-2-5-9-16)19(25(26)27)20(24-18)23-14-17-10-6-3-7-11-17/h2-11,13,19H,12,14-15,22H2,1H3,(H,23,24). The van der Waals surface area contributed by atoms with Gasteiger partial charge >= 0.3 is 0 Å². The van der Waals surface area contributed by atoms with Gasteiger partial charge in [-0.1, -0.05) is 60.7 Å². The maximum Gasteiger partial charge on any atom is 0.290 e. The first-order valence-electron chi connectivity index (χ1n) is 9.04. The lowest BCUT2D eigenvalue weighted by Gasteiger charge is -2.35. The highest BCUT2D eigenvalue weighted by Crippen LogP contribution is 2.25. The fourth-order valence-corrected chi connectivity index (χ4v) is 3.44. The Morgan fingerprint density at radius 1 is 1.14 bits per heavy atom. The Bertz CT molecular complexity index is 868. The molecule has 0 bridgehead atoms. The summed E-state index contributed by atoms with van der Waals surface area (Å²) >= 11 is 0. The number of rotatable bonds is 7. The minimum Gasteiger partial charge on any atom is -0.378 e. The number of nitrogens with zero attached hydrogens (tertiary/aromatic N) is 2. The predicted octanol–water partition coefficient (Wildman–Crippen LogP) is 2.30. The van der Waals surface area contributed by atoms with Gasteiger partial charge in [-0.05, 0) is 17.2 Å². The number of nitro groups is 1. The lowest BCUT2D eigenvalue weighted by molar-refractivity contribution is -0.512. The van der Waals surface area contributed by atoms with Gasteiger partial charge in [0.2, 0.25) is 0 Å². The molecule has 0 aliphatic carbocycles. The van der Waals surface area contributed by atoms with E-state index in [9.17, 15) is 10.1 Å². The summed E-state index contributed by atoms with van der Waals surface area (Å²) in [5.74, 6) is 0.252. The van der Waals surface area contributed by atoms with E-state index < -0.39 is 11.6 Å². The van der Waals surface area contributed by atoms with E-state index in [1.807, 2.05) is 60.7 Å². The van der Waals surface area contributed by atoms with Crippen LogP contribution in [0.2, 0.25) is 0 Å². The third-order valence-electron chi connectivity index (χ3n) is 4.64. The summed E-state index contributed by atoms with van der Waals surface area (Å²) in [4.78, 5) is 16.1. The Balaban J connectivity index is 1.97. The molecule has 7 nitrogen and oxygen atoms in total. The fraction of sp³-hybridized carbons (Fsp3) is 0.286. The average Bonchev–Trinajstić information content (AvgIpc) is 2.67. The molecule has 0 saturated heterocycles. The highest BCUT2D eigenvalue weighted by Gasteiger charge is 2.49. The van der Waals surface area contributed by atoms with Gasteiger partial charge in [0.15, 0.2) is 5.84 Å². The summed E-state index contributed by atoms with van der Waals surface area (Å²) in [5, 5.41) is 15.1. The molecule has 0 fully saturated rings. The molecule has 28 heavy (non-hydrogen) atoms. The van der Waals surface area contributed by atoms with Crippen LogP contribution in [0.5, 0.6) is 0 Å². The Morgan fingerprint density at radius 3 is 2.32 bits per heavy atom. The zero-order valence-corrected chi connectivity index (χ0v) is 15.7. The molecule has 2 atom stereocenters. The van der Waals surface area contributed by atoms with E-state index in [4.69, 9.17) is 10.5 Å². The molecule has 2 aromatic carbocycles. The van der Waals surface area contributed by atoms with Gasteiger partial charge in [-0.3, -0.25) is 15.1 Å². The van der Waals surface area contributed by atoms with E-state index in [0.29, 0.717) is 18.7 Å². The Morgan fingerprint density at radius 2 is 1.75 bits per heavy atom. The van der Waals surface area contributed by atoms with Crippen molar-refractivity contribution in [1.29, 1.82) is 0 Å². The summed E-state index contributed by atoms with van der Waals surface area (Å²) in [6.45, 7) is 0.595. The second kappa shape index (κ2) is 8.77. The average molecular weight is 380 g/mol. The second-order valence-electron chi connectivity index (χ2n) is 6.88. The van der Waals surface area contributed by atoms with Crippen molar-refractivity contribution in [2.75, 3.05) is 13.7 Å². The summed E-state index contributed by atoms with van der Waals surface area (Å²) in [6, 6.07) is 17.9. The third kappa shape index (κ3) is 4.62. The SMILES string of the molecule is COCC1=CC(N)(Cc2ccccc2)C([N+](=O)[O-])C(=NCc2ccccc2)N1. The first-order valence-corrected chi connectivity index (χ1v) is 9.04. The first-order chi connectivity index (χ1) is 13.5. The molecule has 1 aliphatic heterocycles. The zero-order chi connectivity index (χ0) is 20.0. The maximum absolute atomic E-state index is 12.0. The molecule has 1 heterocycles. The molecule has 0 saturated carbocycles. The number of methoxy groups -OCH3 is 1. The number of hydrogen-bond acceptors (Lipinski definition) is 5. The first kappa shape index (κ1) is 19.7. The summed E-state index contributed by atoms with van der Waals surface area (Å²) in [5.41, 5.74) is 7.96. The molecule has 2 unspecified atom stereocenters. The van der Waals surface area contributed by atoms with Gasteiger partial charge in [0.1, 0.15) is 5.54 Å². The third-order valence-corrected chi connectivity index (χ3v) is 4.64. The molecular formula is C21H24N4O3. The van der Waals surface area contributed by atoms with Crippen LogP contribution in [0.4, 0.5) is 0 Å². The van der Waals surface area contributed by atoms with Gasteiger partial charge in [-0.15, -0.1) is 0 Å². The number of nitrogens with two attached hydrogens (primary N) is 1. The van der Waals surface area contributed by atoms with Gasteiger partial charge in [0, 0.05) is 24.2 Å². The van der Waals surface area contributed by atoms with Crippen LogP contribution in [-0.4, -0.2) is 36.1 Å². The van der Waals surface area contributed by atoms with Crippen LogP contribution in [0.3, 0.4) is 0 Å². The van der Waals surface area contributed by atoms with Gasteiger partial charge < -0.3 is 15.8 Å². The summed E-state index contributed by atoms with van der Waals surface area (Å²) < 4.78 is 5.22. The van der Waals surface area contributed by atoms with Crippen LogP contribution < -0.4 is 11.1 Å². The Labute approximate surface area is 164 Å². The predicted molar refractivity (Wildman–Crippen MR) is 109 cm³/mol. The van der Waals surface area contributed by atoms with Crippen LogP contribution in [0.15, 0.2) is 77.4 Å². The highest BCUT2D eigenvalue weighted by molar-refractivity contribution is 5.91. The van der Waals surface area contributed by atoms with Crippen LogP contribution >= 0.6 is 0 Å². The molecule has 3 N–H and O–H groups in total. The van der Waals surface area contributed by atoms with Crippen molar-refractivity contribution in [3.8, 4) is 0 Å². The number of amidine groups is 1. The number of ether oxygens (including phenoxy) is 1. The molecule has 146 valence electrons. The minimum atomic E-state index is -1.22. The van der Waals surface area contributed by atoms with Gasteiger partial charge in [0.05, 0.1) is 13.2 Å². The quantitative estimate of drug-likeness (QED) is 0.567. The lowest BCUT2D eigenvalue weighted by Crippen LogP contribution is -2.64. The van der Waals surface area contributed by atoms with Crippen LogP contribution in [0.25, 0.3) is 0 Å². The molecule has 0 radical (unpaired) electrons. The van der Waals surface area contributed by atoms with E-state index in [-0.39, 0.29) is 17.4 Å². The molecule has 2 aromatic rings. The summed E-state index contributed by atoms with van der Waals surface area (Å²) in [7, 11) is 1.57. The lowest BCUT2D eigenvalue weighted by atomic mass is 9.81. The molecule has 0 aromatic heterocycles. The van der Waals surface area contributed by atoms with Crippen molar-refractivity contribution < 1.29 is 9.66 Å². The van der Waals surface area contributed by atoms with Gasteiger partial charge in [0.25, 0.3) is 6.04 Å². The van der Waals surface area contributed by atoms with Gasteiger partial charge in [-0.2, -0.15) is 0 Å². The molecule has 1 aliphatic rings. The maximum atomic E-state index is 12.0. The topological polar surface area (TPSA) is 103 Å². The van der Waals surface area contributed by atoms with Crippen molar-refractivity contribution in [2.45, 2.75) is 24.5 Å². The van der Waals surface area contributed by atoms with E-state index in [1.165, 1.54) is 0 Å². The van der Waals surface area contributed by atoms with Crippen LogP contribution in [-0.2, 0) is 17.7 Å². The number of aliphatic imine (C=N–C) groups is 1. The number of hydrogen-bond donors (Lipinski definition) is 2. The summed E-state index contributed by atoms with van der Waals surface area (Å²) in [6.07, 6.45) is 2.03. The molecule has 7 heteroatoms. The molecule has 0 spiro atoms. The highest BCUT2D eigenvalue weighted by atomic mass is 16.6. The second-order valence-corrected chi connectivity index (χ2v) is 6.88. The van der Waals surface area contributed by atoms with E-state index >= 15 is 0 Å². The van der Waals surface area contributed by atoms with E-state index in [1.54, 1.807) is 13.2 Å². The van der Waals surface area contributed by atoms with Crippen molar-refractivity contribution >= 4 is 5.84 Å². The normalized spacial score (nSPS) is 23.1. The number of nitrogens with one attached hydrogen (secondary N) is 1. The van der Waals surface area contributed by atoms with Crippen molar-refractivity contribution in [1.82, 2.24) is 5.32 Å². The monoisotopic (exact) mass is 380 g/mol. The zero-order valence-electron chi connectivity index (χ0n) is 15.7. The van der Waals surface area contributed by atoms with Crippen LogP contribution in [0, 0.1) is 10.1 Å². The van der Waals surface area contributed by atoms with E-state index in [2.05, 4.69) is 10.3 Å². The van der Waals surface area contributed by atoms with Crippen molar-refractivity contribution in [2.24, 2.45) is 10.7 Å². The largest absolute Gasteiger partial charge is 0.378 e. The van der Waals surface area contributed by atoms with Crippen molar-refractivity contribution in [3.63, 3.8) is 0 Å². The smallest absolute Gasteiger partial charge is 0.290 e. The fourth-order valence-electron chi connectivity index (χ4n) is 3.44. The molecular weight excluding hydrogens is 356 g/mol. The van der Waals surface area contributed by atoms with Crippen LogP contribution in [0.1, 0.15) is 11.1 Å². The minimum absolute atomic E-state index is 0.252.